The summed E-state index contributed by atoms with van der Waals surface area (Å²) in [5.74, 6) is -1.08. The molecule has 1 amide bonds. The number of hydrogen-bond acceptors (Lipinski definition) is 5. The van der Waals surface area contributed by atoms with E-state index in [2.05, 4.69) is 15.3 Å². The van der Waals surface area contributed by atoms with Crippen molar-refractivity contribution < 1.29 is 14.3 Å². The minimum atomic E-state index is -0.625. The van der Waals surface area contributed by atoms with Crippen LogP contribution in [0.25, 0.3) is 22.3 Å². The summed E-state index contributed by atoms with van der Waals surface area (Å²) in [7, 11) is 0. The van der Waals surface area contributed by atoms with Gasteiger partial charge in [-0.1, -0.05) is 53.5 Å². The van der Waals surface area contributed by atoms with Crippen LogP contribution in [0.3, 0.4) is 0 Å². The molecule has 0 aliphatic heterocycles. The lowest BCUT2D eigenvalue weighted by Crippen LogP contribution is -2.28. The summed E-state index contributed by atoms with van der Waals surface area (Å²) < 4.78 is 5.27. The molecule has 2 aromatic carbocycles. The molecular weight excluding hydrogens is 449 g/mol. The number of benzene rings is 2. The monoisotopic (exact) mass is 465 g/mol. The molecule has 6 nitrogen and oxygen atoms in total. The summed E-state index contributed by atoms with van der Waals surface area (Å²) >= 11 is 12.0. The summed E-state index contributed by atoms with van der Waals surface area (Å²) in [5, 5.41) is 4.26. The lowest BCUT2D eigenvalue weighted by atomic mass is 10.1. The lowest BCUT2D eigenvalue weighted by Gasteiger charge is -2.10. The van der Waals surface area contributed by atoms with Gasteiger partial charge in [-0.3, -0.25) is 9.78 Å². The Morgan fingerprint density at radius 3 is 2.53 bits per heavy atom. The molecule has 4 aromatic rings. The van der Waals surface area contributed by atoms with Crippen molar-refractivity contribution in [3.8, 4) is 11.4 Å². The van der Waals surface area contributed by atoms with Crippen LogP contribution < -0.4 is 5.32 Å². The first-order valence-corrected chi connectivity index (χ1v) is 10.5. The number of para-hydroxylation sites is 1. The first-order chi connectivity index (χ1) is 15.5. The molecule has 0 saturated carbocycles. The number of carbonyl (C=O) groups is 2. The Labute approximate surface area is 194 Å². The fourth-order valence-corrected chi connectivity index (χ4v) is 3.58. The largest absolute Gasteiger partial charge is 0.452 e. The number of nitrogens with zero attached hydrogens (tertiary/aromatic N) is 2. The fourth-order valence-electron chi connectivity index (χ4n) is 3.11. The van der Waals surface area contributed by atoms with E-state index in [4.69, 9.17) is 27.9 Å². The van der Waals surface area contributed by atoms with Crippen LogP contribution in [0.4, 0.5) is 0 Å². The minimum Gasteiger partial charge on any atom is -0.452 e. The molecule has 0 bridgehead atoms. The number of carbonyl (C=O) groups excluding carboxylic acids is 2. The molecule has 2 heterocycles. The van der Waals surface area contributed by atoms with Crippen molar-refractivity contribution in [1.82, 2.24) is 15.3 Å². The van der Waals surface area contributed by atoms with Gasteiger partial charge < -0.3 is 10.1 Å². The van der Waals surface area contributed by atoms with Gasteiger partial charge in [0.25, 0.3) is 5.91 Å². The number of fused-ring (bicyclic) bond motifs is 1. The molecule has 160 valence electrons. The van der Waals surface area contributed by atoms with Gasteiger partial charge >= 0.3 is 5.97 Å². The minimum absolute atomic E-state index is 0.189. The van der Waals surface area contributed by atoms with Crippen molar-refractivity contribution in [2.75, 3.05) is 6.61 Å². The molecule has 1 N–H and O–H groups in total. The maximum absolute atomic E-state index is 12.8. The van der Waals surface area contributed by atoms with E-state index in [9.17, 15) is 9.59 Å². The predicted octanol–water partition coefficient (Wildman–Crippen LogP) is 5.08. The summed E-state index contributed by atoms with van der Waals surface area (Å²) in [6.07, 6.45) is 1.65. The fraction of sp³-hybridized carbons (Fsp3) is 0.0833. The highest BCUT2D eigenvalue weighted by Crippen LogP contribution is 2.24. The van der Waals surface area contributed by atoms with Gasteiger partial charge in [0.2, 0.25) is 0 Å². The molecule has 8 heteroatoms. The standard InChI is InChI=1S/C24H17Cl2N3O3/c25-16-9-8-15(19(26)11-16)13-28-23(30)14-32-24(31)18-12-22(21-7-3-4-10-27-21)29-20-6-2-1-5-17(18)20/h1-12H,13-14H2,(H,28,30). The Hall–Kier alpha value is -3.48. The van der Waals surface area contributed by atoms with Crippen molar-refractivity contribution in [2.24, 2.45) is 0 Å². The maximum Gasteiger partial charge on any atom is 0.339 e. The van der Waals surface area contributed by atoms with Crippen LogP contribution in [-0.2, 0) is 16.1 Å². The van der Waals surface area contributed by atoms with Gasteiger partial charge in [-0.25, -0.2) is 9.78 Å². The quantitative estimate of drug-likeness (QED) is 0.401. The summed E-state index contributed by atoms with van der Waals surface area (Å²) in [6, 6.07) is 19.3. The van der Waals surface area contributed by atoms with Gasteiger partial charge in [0.15, 0.2) is 6.61 Å². The Morgan fingerprint density at radius 2 is 1.75 bits per heavy atom. The highest BCUT2D eigenvalue weighted by molar-refractivity contribution is 6.35. The van der Waals surface area contributed by atoms with E-state index in [0.717, 1.165) is 0 Å². The number of nitrogens with one attached hydrogen (secondary N) is 1. The third kappa shape index (κ3) is 5.04. The number of rotatable bonds is 6. The summed E-state index contributed by atoms with van der Waals surface area (Å²) in [4.78, 5) is 33.9. The van der Waals surface area contributed by atoms with Crippen molar-refractivity contribution in [3.63, 3.8) is 0 Å². The predicted molar refractivity (Wildman–Crippen MR) is 124 cm³/mol. The smallest absolute Gasteiger partial charge is 0.339 e. The molecule has 0 atom stereocenters. The Kier molecular flexibility index (Phi) is 6.63. The SMILES string of the molecule is O=C(COC(=O)c1cc(-c2ccccn2)nc2ccccc12)NCc1ccc(Cl)cc1Cl. The molecule has 4 rings (SSSR count). The molecule has 2 aromatic heterocycles. The number of aromatic nitrogens is 2. The second-order valence-electron chi connectivity index (χ2n) is 6.88. The van der Waals surface area contributed by atoms with E-state index in [1.165, 1.54) is 0 Å². The average molecular weight is 466 g/mol. The van der Waals surface area contributed by atoms with Crippen LogP contribution in [0.1, 0.15) is 15.9 Å². The number of amides is 1. The molecule has 0 unspecified atom stereocenters. The zero-order chi connectivity index (χ0) is 22.5. The molecule has 0 fully saturated rings. The highest BCUT2D eigenvalue weighted by atomic mass is 35.5. The number of halogens is 2. The van der Waals surface area contributed by atoms with E-state index >= 15 is 0 Å². The van der Waals surface area contributed by atoms with Crippen LogP contribution >= 0.6 is 23.2 Å². The molecule has 0 aliphatic carbocycles. The van der Waals surface area contributed by atoms with Gasteiger partial charge in [0.05, 0.1) is 22.5 Å². The third-order valence-corrected chi connectivity index (χ3v) is 5.28. The molecular formula is C24H17Cl2N3O3. The first-order valence-electron chi connectivity index (χ1n) is 9.70. The van der Waals surface area contributed by atoms with E-state index in [1.807, 2.05) is 24.3 Å². The molecule has 32 heavy (non-hydrogen) atoms. The third-order valence-electron chi connectivity index (χ3n) is 4.69. The van der Waals surface area contributed by atoms with Crippen molar-refractivity contribution in [1.29, 1.82) is 0 Å². The van der Waals surface area contributed by atoms with E-state index in [0.29, 0.717) is 43.5 Å². The highest BCUT2D eigenvalue weighted by Gasteiger charge is 2.17. The van der Waals surface area contributed by atoms with E-state index in [1.54, 1.807) is 48.7 Å². The van der Waals surface area contributed by atoms with Gasteiger partial charge in [-0.15, -0.1) is 0 Å². The van der Waals surface area contributed by atoms with Gasteiger partial charge in [0.1, 0.15) is 0 Å². The van der Waals surface area contributed by atoms with Crippen molar-refractivity contribution >= 4 is 46.0 Å². The topological polar surface area (TPSA) is 81.2 Å². The van der Waals surface area contributed by atoms with Crippen LogP contribution in [0.2, 0.25) is 10.0 Å². The average Bonchev–Trinajstić information content (AvgIpc) is 2.81. The number of ether oxygens (including phenoxy) is 1. The molecule has 0 radical (unpaired) electrons. The summed E-state index contributed by atoms with van der Waals surface area (Å²) in [5.41, 5.74) is 2.81. The Morgan fingerprint density at radius 1 is 0.938 bits per heavy atom. The van der Waals surface area contributed by atoms with Crippen molar-refractivity contribution in [2.45, 2.75) is 6.54 Å². The van der Waals surface area contributed by atoms with E-state index < -0.39 is 18.5 Å². The Balaban J connectivity index is 1.48. The second-order valence-corrected chi connectivity index (χ2v) is 7.72. The molecule has 0 spiro atoms. The summed E-state index contributed by atoms with van der Waals surface area (Å²) in [6.45, 7) is -0.242. The van der Waals surface area contributed by atoms with Crippen LogP contribution in [0.15, 0.2) is 72.9 Å². The van der Waals surface area contributed by atoms with Gasteiger partial charge in [-0.2, -0.15) is 0 Å². The van der Waals surface area contributed by atoms with Crippen molar-refractivity contribution in [3.05, 3.63) is 94.1 Å². The number of pyridine rings is 2. The number of esters is 1. The molecule has 0 saturated heterocycles. The van der Waals surface area contributed by atoms with Gasteiger partial charge in [-0.05, 0) is 42.0 Å². The number of hydrogen-bond donors (Lipinski definition) is 1. The first kappa shape index (κ1) is 21.7. The van der Waals surface area contributed by atoms with E-state index in [-0.39, 0.29) is 6.54 Å². The van der Waals surface area contributed by atoms with Crippen LogP contribution in [0.5, 0.6) is 0 Å². The maximum atomic E-state index is 12.8. The zero-order valence-electron chi connectivity index (χ0n) is 16.7. The second kappa shape index (κ2) is 9.77. The van der Waals surface area contributed by atoms with Crippen LogP contribution in [-0.4, -0.2) is 28.5 Å². The molecule has 0 aliphatic rings. The zero-order valence-corrected chi connectivity index (χ0v) is 18.2. The van der Waals surface area contributed by atoms with Crippen LogP contribution in [0, 0.1) is 0 Å². The normalized spacial score (nSPS) is 10.7. The lowest BCUT2D eigenvalue weighted by molar-refractivity contribution is -0.124. The Bertz CT molecular complexity index is 1300. The van der Waals surface area contributed by atoms with Gasteiger partial charge in [0, 0.05) is 28.2 Å².